The van der Waals surface area contributed by atoms with Gasteiger partial charge in [0.05, 0.1) is 24.2 Å². The SMILES string of the molecule is Cc1ccc([C@H](CN2CCOCC2)NS(=O)(=O)c2ccc(C)cc2)cc1. The summed E-state index contributed by atoms with van der Waals surface area (Å²) in [5, 5.41) is 0. The summed E-state index contributed by atoms with van der Waals surface area (Å²) in [6, 6.07) is 14.7. The Balaban J connectivity index is 1.84. The number of nitrogens with one attached hydrogen (secondary N) is 1. The molecule has 1 aliphatic heterocycles. The Bertz CT molecular complexity index is 811. The molecule has 1 heterocycles. The van der Waals surface area contributed by atoms with Crippen LogP contribution in [0.3, 0.4) is 0 Å². The molecule has 2 aromatic carbocycles. The minimum atomic E-state index is -3.59. The number of ether oxygens (including phenoxy) is 1. The molecule has 0 saturated carbocycles. The van der Waals surface area contributed by atoms with Crippen LogP contribution in [0, 0.1) is 13.8 Å². The van der Waals surface area contributed by atoms with Crippen LogP contribution in [0.15, 0.2) is 53.4 Å². The van der Waals surface area contributed by atoms with E-state index in [2.05, 4.69) is 9.62 Å². The lowest BCUT2D eigenvalue weighted by Crippen LogP contribution is -2.43. The van der Waals surface area contributed by atoms with Gasteiger partial charge >= 0.3 is 0 Å². The van der Waals surface area contributed by atoms with E-state index in [1.165, 1.54) is 0 Å². The third kappa shape index (κ3) is 4.92. The van der Waals surface area contributed by atoms with Crippen LogP contribution >= 0.6 is 0 Å². The first-order chi connectivity index (χ1) is 12.4. The number of nitrogens with zero attached hydrogens (tertiary/aromatic N) is 1. The molecule has 0 amide bonds. The van der Waals surface area contributed by atoms with Gasteiger partial charge in [-0.15, -0.1) is 0 Å². The molecule has 6 heteroatoms. The molecule has 1 atom stereocenters. The molecule has 0 aliphatic carbocycles. The van der Waals surface area contributed by atoms with Crippen molar-refractivity contribution in [3.8, 4) is 0 Å². The van der Waals surface area contributed by atoms with Crippen molar-refractivity contribution in [3.05, 3.63) is 65.2 Å². The lowest BCUT2D eigenvalue weighted by molar-refractivity contribution is 0.0345. The van der Waals surface area contributed by atoms with E-state index in [4.69, 9.17) is 4.74 Å². The summed E-state index contributed by atoms with van der Waals surface area (Å²) in [4.78, 5) is 2.54. The minimum absolute atomic E-state index is 0.294. The van der Waals surface area contributed by atoms with Gasteiger partial charge in [0.25, 0.3) is 0 Å². The average molecular weight is 375 g/mol. The summed E-state index contributed by atoms with van der Waals surface area (Å²) in [6.45, 7) is 7.59. The Morgan fingerprint density at radius 2 is 1.50 bits per heavy atom. The summed E-state index contributed by atoms with van der Waals surface area (Å²) < 4.78 is 34.1. The highest BCUT2D eigenvalue weighted by Gasteiger charge is 2.24. The predicted octanol–water partition coefficient (Wildman–Crippen LogP) is 2.66. The number of hydrogen-bond donors (Lipinski definition) is 1. The van der Waals surface area contributed by atoms with Gasteiger partial charge in [0.2, 0.25) is 10.0 Å². The molecule has 5 nitrogen and oxygen atoms in total. The van der Waals surface area contributed by atoms with Crippen molar-refractivity contribution in [3.63, 3.8) is 0 Å². The molecule has 1 saturated heterocycles. The van der Waals surface area contributed by atoms with Crippen LogP contribution in [0.4, 0.5) is 0 Å². The Hall–Kier alpha value is -1.73. The van der Waals surface area contributed by atoms with Crippen LogP contribution in [0.25, 0.3) is 0 Å². The van der Waals surface area contributed by atoms with Crippen LogP contribution in [-0.4, -0.2) is 46.2 Å². The van der Waals surface area contributed by atoms with Gasteiger partial charge in [-0.1, -0.05) is 47.5 Å². The highest BCUT2D eigenvalue weighted by molar-refractivity contribution is 7.89. The summed E-state index contributed by atoms with van der Waals surface area (Å²) in [7, 11) is -3.59. The molecule has 3 rings (SSSR count). The van der Waals surface area contributed by atoms with Crippen LogP contribution in [0.5, 0.6) is 0 Å². The average Bonchev–Trinajstić information content (AvgIpc) is 2.63. The van der Waals surface area contributed by atoms with E-state index in [-0.39, 0.29) is 6.04 Å². The summed E-state index contributed by atoms with van der Waals surface area (Å²) in [5.74, 6) is 0. The predicted molar refractivity (Wildman–Crippen MR) is 103 cm³/mol. The third-order valence-corrected chi connectivity index (χ3v) is 6.14. The fourth-order valence-electron chi connectivity index (χ4n) is 3.02. The molecule has 2 aromatic rings. The molecule has 0 aromatic heterocycles. The third-order valence-electron chi connectivity index (χ3n) is 4.65. The quantitative estimate of drug-likeness (QED) is 0.845. The minimum Gasteiger partial charge on any atom is -0.379 e. The Kier molecular flexibility index (Phi) is 6.09. The van der Waals surface area contributed by atoms with E-state index in [9.17, 15) is 8.42 Å². The largest absolute Gasteiger partial charge is 0.379 e. The fraction of sp³-hybridized carbons (Fsp3) is 0.400. The van der Waals surface area contributed by atoms with Crippen molar-refractivity contribution in [2.45, 2.75) is 24.8 Å². The van der Waals surface area contributed by atoms with Gasteiger partial charge in [0.15, 0.2) is 0 Å². The highest BCUT2D eigenvalue weighted by atomic mass is 32.2. The maximum absolute atomic E-state index is 12.9. The lowest BCUT2D eigenvalue weighted by atomic mass is 10.1. The van der Waals surface area contributed by atoms with Crippen molar-refractivity contribution in [2.75, 3.05) is 32.8 Å². The number of benzene rings is 2. The van der Waals surface area contributed by atoms with E-state index in [1.807, 2.05) is 50.2 Å². The van der Waals surface area contributed by atoms with Crippen LogP contribution in [0.2, 0.25) is 0 Å². The maximum Gasteiger partial charge on any atom is 0.241 e. The first-order valence-corrected chi connectivity index (χ1v) is 10.4. The standard InChI is InChI=1S/C20H26N2O3S/c1-16-3-7-18(8-4-16)20(15-22-11-13-25-14-12-22)21-26(23,24)19-9-5-17(2)6-10-19/h3-10,20-21H,11-15H2,1-2H3/t20-/m0/s1. The molecule has 1 N–H and O–H groups in total. The van der Waals surface area contributed by atoms with Crippen molar-refractivity contribution < 1.29 is 13.2 Å². The van der Waals surface area contributed by atoms with E-state index >= 15 is 0 Å². The molecular formula is C20H26N2O3S. The summed E-state index contributed by atoms with van der Waals surface area (Å²) in [6.07, 6.45) is 0. The van der Waals surface area contributed by atoms with E-state index in [0.717, 1.165) is 29.8 Å². The first kappa shape index (κ1) is 19.0. The smallest absolute Gasteiger partial charge is 0.241 e. The zero-order valence-corrected chi connectivity index (χ0v) is 16.1. The molecular weight excluding hydrogens is 348 g/mol. The lowest BCUT2D eigenvalue weighted by Gasteiger charge is -2.31. The van der Waals surface area contributed by atoms with Gasteiger partial charge in [-0.25, -0.2) is 13.1 Å². The van der Waals surface area contributed by atoms with Crippen molar-refractivity contribution >= 4 is 10.0 Å². The van der Waals surface area contributed by atoms with Crippen LogP contribution < -0.4 is 4.72 Å². The summed E-state index contributed by atoms with van der Waals surface area (Å²) >= 11 is 0. The van der Waals surface area contributed by atoms with E-state index in [1.54, 1.807) is 12.1 Å². The number of hydrogen-bond acceptors (Lipinski definition) is 4. The normalized spacial score (nSPS) is 17.2. The van der Waals surface area contributed by atoms with Gasteiger partial charge in [0, 0.05) is 19.6 Å². The number of rotatable bonds is 6. The highest BCUT2D eigenvalue weighted by Crippen LogP contribution is 2.20. The molecule has 140 valence electrons. The Morgan fingerprint density at radius 3 is 2.08 bits per heavy atom. The van der Waals surface area contributed by atoms with Crippen LogP contribution in [-0.2, 0) is 14.8 Å². The zero-order chi connectivity index (χ0) is 18.6. The second kappa shape index (κ2) is 8.31. The van der Waals surface area contributed by atoms with Crippen LogP contribution in [0.1, 0.15) is 22.7 Å². The Labute approximate surface area is 156 Å². The van der Waals surface area contributed by atoms with Crippen molar-refractivity contribution in [1.29, 1.82) is 0 Å². The van der Waals surface area contributed by atoms with E-state index < -0.39 is 10.0 Å². The second-order valence-corrected chi connectivity index (χ2v) is 8.52. The monoisotopic (exact) mass is 374 g/mol. The van der Waals surface area contributed by atoms with E-state index in [0.29, 0.717) is 24.7 Å². The molecule has 0 radical (unpaired) electrons. The van der Waals surface area contributed by atoms with Crippen molar-refractivity contribution in [1.82, 2.24) is 9.62 Å². The second-order valence-electron chi connectivity index (χ2n) is 6.81. The van der Waals surface area contributed by atoms with Gasteiger partial charge in [-0.3, -0.25) is 4.90 Å². The zero-order valence-electron chi connectivity index (χ0n) is 15.3. The molecule has 0 spiro atoms. The van der Waals surface area contributed by atoms with Gasteiger partial charge in [-0.2, -0.15) is 0 Å². The number of morpholine rings is 1. The molecule has 0 unspecified atom stereocenters. The molecule has 1 aliphatic rings. The molecule has 26 heavy (non-hydrogen) atoms. The van der Waals surface area contributed by atoms with Gasteiger partial charge in [0.1, 0.15) is 0 Å². The molecule has 0 bridgehead atoms. The first-order valence-electron chi connectivity index (χ1n) is 8.90. The number of sulfonamides is 1. The molecule has 1 fully saturated rings. The topological polar surface area (TPSA) is 58.6 Å². The number of aryl methyl sites for hydroxylation is 2. The van der Waals surface area contributed by atoms with Gasteiger partial charge < -0.3 is 4.74 Å². The van der Waals surface area contributed by atoms with Crippen molar-refractivity contribution in [2.24, 2.45) is 0 Å². The fourth-order valence-corrected chi connectivity index (χ4v) is 4.24. The van der Waals surface area contributed by atoms with Gasteiger partial charge in [-0.05, 0) is 31.5 Å². The Morgan fingerprint density at radius 1 is 0.962 bits per heavy atom. The summed E-state index contributed by atoms with van der Waals surface area (Å²) in [5.41, 5.74) is 3.16. The maximum atomic E-state index is 12.9.